The van der Waals surface area contributed by atoms with E-state index in [1.165, 1.54) is 6.07 Å². The molecule has 0 amide bonds. The number of nitriles is 1. The molecule has 0 aliphatic rings. The Labute approximate surface area is 85.4 Å². The summed E-state index contributed by atoms with van der Waals surface area (Å²) in [4.78, 5) is 3.65. The maximum Gasteiger partial charge on any atom is 0.417 e. The Morgan fingerprint density at radius 3 is 2.20 bits per heavy atom. The molecule has 0 fully saturated rings. The molecule has 0 aromatic carbocycles. The van der Waals surface area contributed by atoms with Crippen molar-refractivity contribution in [1.82, 2.24) is 4.98 Å². The standard InChI is InChI=1S/C10H9F3N2/c1-9(2,6-14)8-4-3-7(5-15-8)10(11,12)13/h3-5H,1-2H3. The first-order valence-electron chi connectivity index (χ1n) is 4.22. The van der Waals surface area contributed by atoms with Crippen LogP contribution in [0.5, 0.6) is 0 Å². The van der Waals surface area contributed by atoms with E-state index >= 15 is 0 Å². The third-order valence-electron chi connectivity index (χ3n) is 2.01. The van der Waals surface area contributed by atoms with Crippen molar-refractivity contribution in [2.75, 3.05) is 0 Å². The lowest BCUT2D eigenvalue weighted by Crippen LogP contribution is -2.16. The minimum atomic E-state index is -4.39. The van der Waals surface area contributed by atoms with Crippen LogP contribution in [0.15, 0.2) is 18.3 Å². The van der Waals surface area contributed by atoms with Crippen molar-refractivity contribution in [2.24, 2.45) is 0 Å². The smallest absolute Gasteiger partial charge is 0.259 e. The molecule has 2 nitrogen and oxygen atoms in total. The summed E-state index contributed by atoms with van der Waals surface area (Å²) in [5, 5.41) is 8.76. The van der Waals surface area contributed by atoms with Crippen molar-refractivity contribution in [3.05, 3.63) is 29.6 Å². The summed E-state index contributed by atoms with van der Waals surface area (Å²) in [5.41, 5.74) is -1.34. The Morgan fingerprint density at radius 2 is 1.87 bits per heavy atom. The summed E-state index contributed by atoms with van der Waals surface area (Å²) in [7, 11) is 0. The molecule has 1 rings (SSSR count). The van der Waals surface area contributed by atoms with Crippen LogP contribution < -0.4 is 0 Å². The van der Waals surface area contributed by atoms with Gasteiger partial charge in [0.1, 0.15) is 0 Å². The third-order valence-corrected chi connectivity index (χ3v) is 2.01. The van der Waals surface area contributed by atoms with E-state index in [2.05, 4.69) is 4.98 Å². The second-order valence-electron chi connectivity index (χ2n) is 3.67. The molecule has 0 aliphatic heterocycles. The monoisotopic (exact) mass is 214 g/mol. The summed E-state index contributed by atoms with van der Waals surface area (Å²) in [6.45, 7) is 3.20. The van der Waals surface area contributed by atoms with Gasteiger partial charge in [-0.3, -0.25) is 4.98 Å². The van der Waals surface area contributed by atoms with Crippen LogP contribution in [0.2, 0.25) is 0 Å². The van der Waals surface area contributed by atoms with Crippen LogP contribution in [0.4, 0.5) is 13.2 Å². The second kappa shape index (κ2) is 3.54. The molecule has 0 spiro atoms. The van der Waals surface area contributed by atoms with Crippen LogP contribution in [0.25, 0.3) is 0 Å². The lowest BCUT2D eigenvalue weighted by molar-refractivity contribution is -0.137. The van der Waals surface area contributed by atoms with Crippen LogP contribution >= 0.6 is 0 Å². The van der Waals surface area contributed by atoms with Gasteiger partial charge in [0.15, 0.2) is 0 Å². The maximum absolute atomic E-state index is 12.2. The fourth-order valence-corrected chi connectivity index (χ4v) is 0.989. The summed E-state index contributed by atoms with van der Waals surface area (Å²) in [6, 6.07) is 4.13. The van der Waals surface area contributed by atoms with E-state index in [0.717, 1.165) is 12.3 Å². The van der Waals surface area contributed by atoms with Crippen molar-refractivity contribution in [1.29, 1.82) is 5.26 Å². The van der Waals surface area contributed by atoms with E-state index in [0.29, 0.717) is 5.69 Å². The van der Waals surface area contributed by atoms with Gasteiger partial charge in [0.25, 0.3) is 0 Å². The van der Waals surface area contributed by atoms with Crippen LogP contribution in [-0.2, 0) is 11.6 Å². The molecule has 0 atom stereocenters. The number of aromatic nitrogens is 1. The quantitative estimate of drug-likeness (QED) is 0.720. The van der Waals surface area contributed by atoms with Gasteiger partial charge < -0.3 is 0 Å². The normalized spacial score (nSPS) is 12.3. The first kappa shape index (κ1) is 11.5. The Morgan fingerprint density at radius 1 is 1.27 bits per heavy atom. The summed E-state index contributed by atoms with van der Waals surface area (Å²) >= 11 is 0. The molecular formula is C10H9F3N2. The van der Waals surface area contributed by atoms with Crippen LogP contribution in [0.3, 0.4) is 0 Å². The minimum Gasteiger partial charge on any atom is -0.259 e. The average molecular weight is 214 g/mol. The lowest BCUT2D eigenvalue weighted by atomic mass is 9.91. The summed E-state index contributed by atoms with van der Waals surface area (Å²) in [5.74, 6) is 0. The predicted molar refractivity (Wildman–Crippen MR) is 47.9 cm³/mol. The third kappa shape index (κ3) is 2.46. The van der Waals surface area contributed by atoms with Gasteiger partial charge >= 0.3 is 6.18 Å². The van der Waals surface area contributed by atoms with Crippen molar-refractivity contribution < 1.29 is 13.2 Å². The average Bonchev–Trinajstić information content (AvgIpc) is 2.17. The van der Waals surface area contributed by atoms with Gasteiger partial charge in [0.2, 0.25) is 0 Å². The number of nitrogens with zero attached hydrogens (tertiary/aromatic N) is 2. The van der Waals surface area contributed by atoms with Crippen molar-refractivity contribution in [3.8, 4) is 6.07 Å². The Balaban J connectivity index is 3.08. The SMILES string of the molecule is CC(C)(C#N)c1ccc(C(F)(F)F)cn1. The van der Waals surface area contributed by atoms with Gasteiger partial charge in [-0.05, 0) is 26.0 Å². The molecule has 1 heterocycles. The zero-order valence-electron chi connectivity index (χ0n) is 8.26. The molecule has 15 heavy (non-hydrogen) atoms. The largest absolute Gasteiger partial charge is 0.417 e. The topological polar surface area (TPSA) is 36.7 Å². The van der Waals surface area contributed by atoms with Crippen molar-refractivity contribution >= 4 is 0 Å². The van der Waals surface area contributed by atoms with E-state index in [1.807, 2.05) is 6.07 Å². The van der Waals surface area contributed by atoms with Crippen molar-refractivity contribution in [2.45, 2.75) is 25.4 Å². The first-order chi connectivity index (χ1) is 6.77. The highest BCUT2D eigenvalue weighted by atomic mass is 19.4. The van der Waals surface area contributed by atoms with E-state index in [1.54, 1.807) is 13.8 Å². The number of hydrogen-bond acceptors (Lipinski definition) is 2. The number of alkyl halides is 3. The number of rotatable bonds is 1. The fourth-order valence-electron chi connectivity index (χ4n) is 0.989. The zero-order valence-corrected chi connectivity index (χ0v) is 8.26. The van der Waals surface area contributed by atoms with Crippen molar-refractivity contribution in [3.63, 3.8) is 0 Å². The second-order valence-corrected chi connectivity index (χ2v) is 3.67. The van der Waals surface area contributed by atoms with Crippen LogP contribution in [0.1, 0.15) is 25.1 Å². The molecule has 5 heteroatoms. The minimum absolute atomic E-state index is 0.331. The van der Waals surface area contributed by atoms with E-state index in [-0.39, 0.29) is 0 Å². The lowest BCUT2D eigenvalue weighted by Gasteiger charge is -2.15. The molecule has 0 N–H and O–H groups in total. The Hall–Kier alpha value is -1.57. The molecule has 0 saturated heterocycles. The van der Waals surface area contributed by atoms with Gasteiger partial charge in [-0.2, -0.15) is 18.4 Å². The van der Waals surface area contributed by atoms with Gasteiger partial charge in [0.05, 0.1) is 22.7 Å². The van der Waals surface area contributed by atoms with Crippen LogP contribution in [0, 0.1) is 11.3 Å². The summed E-state index contributed by atoms with van der Waals surface area (Å²) in [6.07, 6.45) is -3.64. The highest BCUT2D eigenvalue weighted by Gasteiger charge is 2.31. The molecule has 0 radical (unpaired) electrons. The van der Waals surface area contributed by atoms with Crippen LogP contribution in [-0.4, -0.2) is 4.98 Å². The molecule has 0 unspecified atom stereocenters. The predicted octanol–water partition coefficient (Wildman–Crippen LogP) is 2.90. The number of pyridine rings is 1. The van der Waals surface area contributed by atoms with Gasteiger partial charge in [-0.1, -0.05) is 0 Å². The molecule has 0 aliphatic carbocycles. The van der Waals surface area contributed by atoms with E-state index < -0.39 is 17.2 Å². The van der Waals surface area contributed by atoms with Gasteiger partial charge in [-0.25, -0.2) is 0 Å². The van der Waals surface area contributed by atoms with E-state index in [4.69, 9.17) is 5.26 Å². The highest BCUT2D eigenvalue weighted by molar-refractivity contribution is 5.26. The molecule has 0 bridgehead atoms. The van der Waals surface area contributed by atoms with Gasteiger partial charge in [-0.15, -0.1) is 0 Å². The highest BCUT2D eigenvalue weighted by Crippen LogP contribution is 2.29. The fraction of sp³-hybridized carbons (Fsp3) is 0.400. The summed E-state index contributed by atoms with van der Waals surface area (Å²) < 4.78 is 36.6. The first-order valence-corrected chi connectivity index (χ1v) is 4.22. The van der Waals surface area contributed by atoms with Gasteiger partial charge in [0, 0.05) is 6.20 Å². The Bertz CT molecular complexity index is 385. The molecule has 1 aromatic heterocycles. The molecule has 80 valence electrons. The number of hydrogen-bond donors (Lipinski definition) is 0. The van der Waals surface area contributed by atoms with E-state index in [9.17, 15) is 13.2 Å². The molecule has 0 saturated carbocycles. The molecule has 1 aromatic rings. The maximum atomic E-state index is 12.2. The Kier molecular flexibility index (Phi) is 2.71. The molecular weight excluding hydrogens is 205 g/mol. The zero-order chi connectivity index (χ0) is 11.7. The number of halogens is 3.